The van der Waals surface area contributed by atoms with Crippen molar-refractivity contribution in [3.63, 3.8) is 0 Å². The van der Waals surface area contributed by atoms with Gasteiger partial charge >= 0.3 is 23.9 Å². The first-order chi connectivity index (χ1) is 58.3. The number of ether oxygens (including phenoxy) is 6. The monoisotopic (exact) mass is 1860 g/mol. The molecule has 0 aromatic heterocycles. The lowest BCUT2D eigenvalue weighted by Crippen LogP contribution is -2.36. The van der Waals surface area contributed by atoms with Crippen LogP contribution in [-0.2, 0) is 76.4 Å². The summed E-state index contributed by atoms with van der Waals surface area (Å²) in [7, 11) is 4.43. The molecule has 8 aliphatic rings. The molecule has 4 N–H and O–H groups in total. The molecule has 28 nitrogen and oxygen atoms in total. The average Bonchev–Trinajstić information content (AvgIpc) is 0.894. The van der Waals surface area contributed by atoms with Gasteiger partial charge in [0.2, 0.25) is 38.2 Å². The molecule has 0 radical (unpaired) electrons. The third-order valence-corrected chi connectivity index (χ3v) is 25.6. The number of nitrogens with one attached hydrogen (secondary N) is 4. The number of nitrogens with zero attached hydrogens (tertiary/aromatic N) is 8. The summed E-state index contributed by atoms with van der Waals surface area (Å²) >= 11 is 0. The number of carbonyl (C=O) groups is 10. The molecule has 8 aliphatic heterocycles. The Hall–Kier alpha value is -5.62. The molecule has 0 aromatic carbocycles. The quantitative estimate of drug-likeness (QED) is 0.0145. The van der Waals surface area contributed by atoms with E-state index >= 15 is 0 Å². The number of hydrogen-bond acceptors (Lipinski definition) is 24. The molecule has 28 heteroatoms. The highest BCUT2D eigenvalue weighted by atomic mass is 16.7. The van der Waals surface area contributed by atoms with Crippen molar-refractivity contribution in [1.82, 2.24) is 60.5 Å². The molecule has 8 fully saturated rings. The first kappa shape index (κ1) is 142. The molecule has 0 saturated carbocycles. The first-order valence-electron chi connectivity index (χ1n) is 47.6. The van der Waals surface area contributed by atoms with Crippen LogP contribution in [0.5, 0.6) is 0 Å². The summed E-state index contributed by atoms with van der Waals surface area (Å²) in [5, 5.41) is 9.66. The smallest absolute Gasteiger partial charge is 0.309 e. The van der Waals surface area contributed by atoms with Crippen molar-refractivity contribution >= 4 is 61.5 Å². The van der Waals surface area contributed by atoms with Gasteiger partial charge in [0.05, 0.1) is 39.0 Å². The lowest BCUT2D eigenvalue weighted by Gasteiger charge is -2.33. The fourth-order valence-corrected chi connectivity index (χ4v) is 17.2. The summed E-state index contributed by atoms with van der Waals surface area (Å²) < 4.78 is 28.7. The molecule has 8 heterocycles. The zero-order valence-corrected chi connectivity index (χ0v) is 77.3. The van der Waals surface area contributed by atoms with Crippen LogP contribution in [0.3, 0.4) is 0 Å². The standard InChI is InChI=1S/C38H70N4O4.2C13H23NO4.2C8H17N.2C6H12N2O2.10CH4/c1-3-39-21-11-33(12-22-39)7-5-9-35-15-25-41(26-16-35)29-19-37(43)45-31-32-46-38(44)20-30-42-27-17-36(18-28-42)10-6-8-34-13-23-40(4-2)24-14-34;2*1-2-3-12-4-7-14(8-5-12)9-6-13(16)18-11-17-10-15;2*1-3-8-4-6-9(2)7-5-8;2*1-2-3-6(10)8-4-7-5-9;;;;;;;;;;/h33-36H,3-32H2,1-2H3;2*10,12H,2-9,11H2,1H3;2*8H,3-7H2,1-2H3;2*5H,2-4H2,1H3,(H,7,9)(H,8,10);10*1H4. The number of rotatable bonds is 47. The van der Waals surface area contributed by atoms with Gasteiger partial charge < -0.3 is 88.9 Å². The minimum Gasteiger partial charge on any atom is -0.462 e. The topological polar surface area (TPSA) is 300 Å². The van der Waals surface area contributed by atoms with Crippen LogP contribution in [0.2, 0.25) is 0 Å². The molecule has 130 heavy (non-hydrogen) atoms. The molecular weight excluding hydrogens is 1650 g/mol. The minimum absolute atomic E-state index is 0. The van der Waals surface area contributed by atoms with Crippen molar-refractivity contribution in [3.8, 4) is 0 Å². The average molecular weight is 1860 g/mol. The molecule has 0 aromatic rings. The molecule has 8 rings (SSSR count). The Morgan fingerprint density at radius 2 is 0.523 bits per heavy atom. The van der Waals surface area contributed by atoms with Crippen molar-refractivity contribution in [2.24, 2.45) is 47.3 Å². The van der Waals surface area contributed by atoms with Gasteiger partial charge in [-0.2, -0.15) is 0 Å². The second-order valence-corrected chi connectivity index (χ2v) is 34.6. The highest BCUT2D eigenvalue weighted by Gasteiger charge is 2.27. The molecule has 0 bridgehead atoms. The van der Waals surface area contributed by atoms with Crippen LogP contribution in [0.25, 0.3) is 0 Å². The summed E-state index contributed by atoms with van der Waals surface area (Å²) in [5.74, 6) is 6.33. The van der Waals surface area contributed by atoms with E-state index in [1.54, 1.807) is 0 Å². The number of piperidine rings is 8. The lowest BCUT2D eigenvalue weighted by molar-refractivity contribution is -0.162. The van der Waals surface area contributed by atoms with Crippen molar-refractivity contribution < 1.29 is 76.4 Å². The minimum atomic E-state index is -0.312. The Morgan fingerprint density at radius 1 is 0.292 bits per heavy atom. The Kier molecular flexibility index (Phi) is 106. The van der Waals surface area contributed by atoms with Crippen LogP contribution in [0.1, 0.15) is 361 Å². The number of esters is 4. The molecule has 0 atom stereocenters. The number of likely N-dealkylation sites (tertiary alicyclic amines) is 8. The van der Waals surface area contributed by atoms with E-state index in [-0.39, 0.29) is 163 Å². The van der Waals surface area contributed by atoms with Crippen LogP contribution >= 0.6 is 0 Å². The summed E-state index contributed by atoms with van der Waals surface area (Å²) in [5.41, 5.74) is 0. The van der Waals surface area contributed by atoms with Gasteiger partial charge in [-0.25, -0.2) is 0 Å². The van der Waals surface area contributed by atoms with Crippen LogP contribution in [-0.4, -0.2) is 299 Å². The van der Waals surface area contributed by atoms with Gasteiger partial charge in [-0.05, 0) is 295 Å². The van der Waals surface area contributed by atoms with Crippen LogP contribution < -0.4 is 21.3 Å². The molecular formula is C102H214N12O16. The van der Waals surface area contributed by atoms with Crippen LogP contribution in [0, 0.1) is 47.3 Å². The Labute approximate surface area is 800 Å². The van der Waals surface area contributed by atoms with Crippen LogP contribution in [0.4, 0.5) is 0 Å². The molecule has 4 amide bonds. The summed E-state index contributed by atoms with van der Waals surface area (Å²) in [6.07, 6.45) is 42.8. The molecule has 778 valence electrons. The van der Waals surface area contributed by atoms with Gasteiger partial charge in [-0.15, -0.1) is 0 Å². The van der Waals surface area contributed by atoms with Gasteiger partial charge in [-0.3, -0.25) is 47.9 Å². The predicted molar refractivity (Wildman–Crippen MR) is 543 cm³/mol. The van der Waals surface area contributed by atoms with Crippen molar-refractivity contribution in [2.75, 3.05) is 198 Å². The van der Waals surface area contributed by atoms with E-state index in [1.807, 2.05) is 13.8 Å². The zero-order chi connectivity index (χ0) is 87.9. The number of hydrogen-bond donors (Lipinski definition) is 4. The van der Waals surface area contributed by atoms with Crippen LogP contribution in [0.15, 0.2) is 0 Å². The number of carbonyl (C=O) groups excluding carboxylic acids is 10. The summed E-state index contributed by atoms with van der Waals surface area (Å²) in [6, 6.07) is 0. The van der Waals surface area contributed by atoms with Gasteiger partial charge in [0.1, 0.15) is 13.2 Å². The van der Waals surface area contributed by atoms with E-state index in [1.165, 1.54) is 245 Å². The second kappa shape index (κ2) is 96.5. The third-order valence-electron chi connectivity index (χ3n) is 25.6. The highest BCUT2D eigenvalue weighted by Crippen LogP contribution is 2.31. The highest BCUT2D eigenvalue weighted by molar-refractivity contribution is 5.76. The maximum absolute atomic E-state index is 12.3. The fraction of sp³-hybridized carbons (Fsp3) is 0.902. The van der Waals surface area contributed by atoms with Gasteiger partial charge in [0.15, 0.2) is 0 Å². The van der Waals surface area contributed by atoms with E-state index < -0.39 is 0 Å². The van der Waals surface area contributed by atoms with Gasteiger partial charge in [-0.1, -0.05) is 207 Å². The zero-order valence-electron chi connectivity index (χ0n) is 77.3. The maximum atomic E-state index is 12.3. The van der Waals surface area contributed by atoms with Gasteiger partial charge in [0.25, 0.3) is 12.9 Å². The summed E-state index contributed by atoms with van der Waals surface area (Å²) in [6.45, 7) is 42.8. The Morgan fingerprint density at radius 3 is 0.738 bits per heavy atom. The van der Waals surface area contributed by atoms with E-state index in [0.29, 0.717) is 51.3 Å². The van der Waals surface area contributed by atoms with E-state index in [9.17, 15) is 47.9 Å². The van der Waals surface area contributed by atoms with Crippen molar-refractivity contribution in [2.45, 2.75) is 361 Å². The number of amides is 4. The van der Waals surface area contributed by atoms with E-state index in [4.69, 9.17) is 18.9 Å². The van der Waals surface area contributed by atoms with E-state index in [2.05, 4.69) is 126 Å². The molecule has 0 aliphatic carbocycles. The SMILES string of the molecule is C.C.C.C.C.C.C.C.C.C.CCC1CCN(C)CC1.CCC1CCN(C)CC1.CCCC(=O)NCNC=O.CCCC(=O)NCNC=O.CCCC1CCN(CCC(=O)OCOC=O)CC1.CCCC1CCN(CCC(=O)OCOC=O)CC1.CCN1CCC(CCCC2CCN(CCC(=O)OCCOC(=O)CCN3CCC(CCCC4CCN(CC)CC4)CC3)CC2)CC1. The van der Waals surface area contributed by atoms with Gasteiger partial charge in [0, 0.05) is 39.0 Å². The molecule has 0 unspecified atom stereocenters. The van der Waals surface area contributed by atoms with Crippen molar-refractivity contribution in [3.05, 3.63) is 0 Å². The predicted octanol–water partition coefficient (Wildman–Crippen LogP) is 18.3. The molecule has 0 spiro atoms. The largest absolute Gasteiger partial charge is 0.462 e. The van der Waals surface area contributed by atoms with Crippen molar-refractivity contribution in [1.29, 1.82) is 0 Å². The fourth-order valence-electron chi connectivity index (χ4n) is 17.2. The lowest BCUT2D eigenvalue weighted by atomic mass is 9.87. The Bertz CT molecular complexity index is 2380. The Balaban J connectivity index is -0.000000208. The molecule has 8 saturated heterocycles. The second-order valence-electron chi connectivity index (χ2n) is 34.6. The maximum Gasteiger partial charge on any atom is 0.309 e. The van der Waals surface area contributed by atoms with E-state index in [0.717, 1.165) is 139 Å². The third kappa shape index (κ3) is 76.6. The first-order valence-corrected chi connectivity index (χ1v) is 47.6. The summed E-state index contributed by atoms with van der Waals surface area (Å²) in [4.78, 5) is 127. The normalized spacial score (nSPS) is 17.6.